The molecule has 2 rings (SSSR count). The summed E-state index contributed by atoms with van der Waals surface area (Å²) >= 11 is 5.75. The lowest BCUT2D eigenvalue weighted by atomic mass is 10.0. The molecule has 0 aliphatic rings. The summed E-state index contributed by atoms with van der Waals surface area (Å²) in [4.78, 5) is 2.10. The van der Waals surface area contributed by atoms with Crippen LogP contribution in [0.4, 0.5) is 0 Å². The average molecular weight is 260 g/mol. The monoisotopic (exact) mass is 259 g/mol. The first kappa shape index (κ1) is 13.1. The van der Waals surface area contributed by atoms with E-state index in [1.807, 2.05) is 13.1 Å². The number of rotatable bonds is 5. The first-order chi connectivity index (χ1) is 8.79. The van der Waals surface area contributed by atoms with Crippen LogP contribution in [0.25, 0.3) is 11.1 Å². The third kappa shape index (κ3) is 3.59. The van der Waals surface area contributed by atoms with Gasteiger partial charge in [-0.15, -0.1) is 11.6 Å². The minimum atomic E-state index is 0.585. The first-order valence-corrected chi connectivity index (χ1v) is 6.72. The van der Waals surface area contributed by atoms with E-state index in [0.717, 1.165) is 13.0 Å². The summed E-state index contributed by atoms with van der Waals surface area (Å²) in [6, 6.07) is 19.8. The van der Waals surface area contributed by atoms with E-state index in [1.165, 1.54) is 16.7 Å². The third-order valence-corrected chi connectivity index (χ3v) is 3.46. The Balaban J connectivity index is 2.02. The van der Waals surface area contributed by atoms with Crippen LogP contribution in [-0.2, 0) is 6.42 Å². The van der Waals surface area contributed by atoms with Crippen molar-refractivity contribution >= 4 is 11.6 Å². The Hall–Kier alpha value is -1.31. The fourth-order valence-electron chi connectivity index (χ4n) is 1.87. The van der Waals surface area contributed by atoms with Gasteiger partial charge in [0.2, 0.25) is 0 Å². The minimum Gasteiger partial charge on any atom is -0.293 e. The Morgan fingerprint density at radius 3 is 2.11 bits per heavy atom. The van der Waals surface area contributed by atoms with Crippen LogP contribution >= 0.6 is 11.6 Å². The summed E-state index contributed by atoms with van der Waals surface area (Å²) in [5, 5.41) is 0. The largest absolute Gasteiger partial charge is 0.293 e. The van der Waals surface area contributed by atoms with Crippen molar-refractivity contribution in [2.24, 2.45) is 0 Å². The molecule has 1 nitrogen and oxygen atoms in total. The van der Waals surface area contributed by atoms with Crippen molar-refractivity contribution in [3.05, 3.63) is 60.2 Å². The van der Waals surface area contributed by atoms with Gasteiger partial charge in [0.1, 0.15) is 0 Å². The molecule has 0 atom stereocenters. The molecule has 0 bridgehead atoms. The molecule has 0 aliphatic carbocycles. The lowest BCUT2D eigenvalue weighted by Gasteiger charge is -2.12. The summed E-state index contributed by atoms with van der Waals surface area (Å²) in [6.45, 7) is 0.994. The first-order valence-electron chi connectivity index (χ1n) is 6.18. The zero-order chi connectivity index (χ0) is 12.8. The second-order valence-corrected chi connectivity index (χ2v) is 4.75. The Morgan fingerprint density at radius 1 is 0.889 bits per heavy atom. The van der Waals surface area contributed by atoms with Crippen molar-refractivity contribution in [3.8, 4) is 11.1 Å². The predicted octanol–water partition coefficient (Wildman–Crippen LogP) is 4.02. The number of benzene rings is 2. The molecule has 0 spiro atoms. The van der Waals surface area contributed by atoms with Crippen LogP contribution in [0.15, 0.2) is 54.6 Å². The Labute approximate surface area is 114 Å². The number of nitrogens with zero attached hydrogens (tertiary/aromatic N) is 1. The smallest absolute Gasteiger partial charge is 0.0736 e. The second kappa shape index (κ2) is 6.58. The van der Waals surface area contributed by atoms with Crippen molar-refractivity contribution in [1.82, 2.24) is 4.90 Å². The lowest BCUT2D eigenvalue weighted by molar-refractivity contribution is 0.394. The molecule has 0 aliphatic heterocycles. The SMILES string of the molecule is CN(CCl)CCc1ccc(-c2ccccc2)cc1. The molecule has 0 aromatic heterocycles. The normalized spacial score (nSPS) is 10.8. The van der Waals surface area contributed by atoms with Gasteiger partial charge in [-0.25, -0.2) is 0 Å². The third-order valence-electron chi connectivity index (χ3n) is 3.05. The molecule has 0 saturated carbocycles. The molecule has 18 heavy (non-hydrogen) atoms. The van der Waals surface area contributed by atoms with Gasteiger partial charge in [0.15, 0.2) is 0 Å². The van der Waals surface area contributed by atoms with E-state index in [2.05, 4.69) is 53.4 Å². The molecule has 2 heteroatoms. The maximum Gasteiger partial charge on any atom is 0.0736 e. The zero-order valence-electron chi connectivity index (χ0n) is 10.6. The van der Waals surface area contributed by atoms with Crippen LogP contribution in [-0.4, -0.2) is 24.5 Å². The second-order valence-electron chi connectivity index (χ2n) is 4.51. The standard InChI is InChI=1S/C16H18ClN/c1-18(13-17)12-11-14-7-9-16(10-8-14)15-5-3-2-4-6-15/h2-10H,11-13H2,1H3. The molecule has 0 saturated heterocycles. The molecule has 94 valence electrons. The highest BCUT2D eigenvalue weighted by Gasteiger charge is 1.99. The molecule has 0 amide bonds. The van der Waals surface area contributed by atoms with Gasteiger partial charge < -0.3 is 0 Å². The molecule has 0 heterocycles. The van der Waals surface area contributed by atoms with Crippen molar-refractivity contribution in [3.63, 3.8) is 0 Å². The maximum atomic E-state index is 5.75. The van der Waals surface area contributed by atoms with Crippen LogP contribution in [0.5, 0.6) is 0 Å². The van der Waals surface area contributed by atoms with Gasteiger partial charge in [-0.2, -0.15) is 0 Å². The topological polar surface area (TPSA) is 3.24 Å². The van der Waals surface area contributed by atoms with Crippen LogP contribution in [0.2, 0.25) is 0 Å². The van der Waals surface area contributed by atoms with Gasteiger partial charge in [0.05, 0.1) is 6.00 Å². The molecule has 0 fully saturated rings. The Morgan fingerprint density at radius 2 is 1.50 bits per heavy atom. The molecule has 0 N–H and O–H groups in total. The Kier molecular flexibility index (Phi) is 4.80. The van der Waals surface area contributed by atoms with Crippen molar-refractivity contribution < 1.29 is 0 Å². The van der Waals surface area contributed by atoms with E-state index in [4.69, 9.17) is 11.6 Å². The molecular formula is C16H18ClN. The Bertz CT molecular complexity index is 464. The van der Waals surface area contributed by atoms with Gasteiger partial charge in [0.25, 0.3) is 0 Å². The highest BCUT2D eigenvalue weighted by molar-refractivity contribution is 6.17. The van der Waals surface area contributed by atoms with Gasteiger partial charge in [0, 0.05) is 6.54 Å². The predicted molar refractivity (Wildman–Crippen MR) is 78.9 cm³/mol. The van der Waals surface area contributed by atoms with Gasteiger partial charge >= 0.3 is 0 Å². The van der Waals surface area contributed by atoms with E-state index in [-0.39, 0.29) is 0 Å². The number of halogens is 1. The fourth-order valence-corrected chi connectivity index (χ4v) is 1.99. The number of alkyl halides is 1. The highest BCUT2D eigenvalue weighted by atomic mass is 35.5. The van der Waals surface area contributed by atoms with Gasteiger partial charge in [-0.3, -0.25) is 4.90 Å². The number of hydrogen-bond donors (Lipinski definition) is 0. The van der Waals surface area contributed by atoms with Gasteiger partial charge in [-0.1, -0.05) is 54.6 Å². The van der Waals surface area contributed by atoms with Gasteiger partial charge in [-0.05, 0) is 30.2 Å². The molecule has 2 aromatic rings. The summed E-state index contributed by atoms with van der Waals surface area (Å²) in [6.07, 6.45) is 1.04. The zero-order valence-corrected chi connectivity index (χ0v) is 11.4. The van der Waals surface area contributed by atoms with E-state index >= 15 is 0 Å². The van der Waals surface area contributed by atoms with Crippen LogP contribution < -0.4 is 0 Å². The van der Waals surface area contributed by atoms with Crippen LogP contribution in [0.3, 0.4) is 0 Å². The minimum absolute atomic E-state index is 0.585. The summed E-state index contributed by atoms with van der Waals surface area (Å²) in [7, 11) is 2.03. The van der Waals surface area contributed by atoms with Crippen LogP contribution in [0, 0.1) is 0 Å². The molecule has 0 radical (unpaired) electrons. The van der Waals surface area contributed by atoms with E-state index in [1.54, 1.807) is 0 Å². The maximum absolute atomic E-state index is 5.75. The molecule has 2 aromatic carbocycles. The van der Waals surface area contributed by atoms with Crippen molar-refractivity contribution in [1.29, 1.82) is 0 Å². The molecular weight excluding hydrogens is 242 g/mol. The number of likely N-dealkylation sites (N-methyl/N-ethyl adjacent to an activating group) is 1. The average Bonchev–Trinajstić information content (AvgIpc) is 2.46. The summed E-state index contributed by atoms with van der Waals surface area (Å²) in [5.74, 6) is 0. The highest BCUT2D eigenvalue weighted by Crippen LogP contribution is 2.19. The molecule has 0 unspecified atom stereocenters. The number of hydrogen-bond acceptors (Lipinski definition) is 1. The van der Waals surface area contributed by atoms with E-state index < -0.39 is 0 Å². The quantitative estimate of drug-likeness (QED) is 0.579. The van der Waals surface area contributed by atoms with Crippen LogP contribution in [0.1, 0.15) is 5.56 Å². The van der Waals surface area contributed by atoms with E-state index in [9.17, 15) is 0 Å². The summed E-state index contributed by atoms with van der Waals surface area (Å²) < 4.78 is 0. The summed E-state index contributed by atoms with van der Waals surface area (Å²) in [5.41, 5.74) is 3.89. The van der Waals surface area contributed by atoms with E-state index in [0.29, 0.717) is 6.00 Å². The van der Waals surface area contributed by atoms with Crippen molar-refractivity contribution in [2.75, 3.05) is 19.6 Å². The van der Waals surface area contributed by atoms with Crippen molar-refractivity contribution in [2.45, 2.75) is 6.42 Å². The fraction of sp³-hybridized carbons (Fsp3) is 0.250. The lowest BCUT2D eigenvalue weighted by Crippen LogP contribution is -2.19.